The van der Waals surface area contributed by atoms with Crippen LogP contribution in [0.15, 0.2) is 17.6 Å². The summed E-state index contributed by atoms with van der Waals surface area (Å²) < 4.78 is 0. The summed E-state index contributed by atoms with van der Waals surface area (Å²) in [7, 11) is 0. The van der Waals surface area contributed by atoms with Gasteiger partial charge in [-0.2, -0.15) is 0 Å². The first-order valence-corrected chi connectivity index (χ1v) is 4.08. The van der Waals surface area contributed by atoms with Crippen LogP contribution in [-0.2, 0) is 0 Å². The van der Waals surface area contributed by atoms with Gasteiger partial charge in [0.25, 0.3) is 0 Å². The Morgan fingerprint density at radius 2 is 2.64 bits per heavy atom. The van der Waals surface area contributed by atoms with E-state index in [4.69, 9.17) is 11.1 Å². The molecule has 0 fully saturated rings. The second kappa shape index (κ2) is 3.43. The highest BCUT2D eigenvalue weighted by atomic mass is 32.2. The standard InChI is InChI=1S/C6H10N4S/c1-4(5(7)8)11-6-9-2-3-10-6/h2-4H,1H3,(H3,7,8)(H,9,10). The van der Waals surface area contributed by atoms with Gasteiger partial charge in [-0.15, -0.1) is 0 Å². The van der Waals surface area contributed by atoms with Crippen molar-refractivity contribution < 1.29 is 0 Å². The van der Waals surface area contributed by atoms with E-state index >= 15 is 0 Å². The lowest BCUT2D eigenvalue weighted by Crippen LogP contribution is -2.21. The van der Waals surface area contributed by atoms with Gasteiger partial charge in [0.1, 0.15) is 5.84 Å². The number of H-pyrrole nitrogens is 1. The SMILES string of the molecule is CC(Sc1ncc[nH]1)C(=N)N. The molecule has 1 atom stereocenters. The molecule has 11 heavy (non-hydrogen) atoms. The van der Waals surface area contributed by atoms with Gasteiger partial charge < -0.3 is 10.7 Å². The van der Waals surface area contributed by atoms with Gasteiger partial charge in [-0.25, -0.2) is 4.98 Å². The topological polar surface area (TPSA) is 78.5 Å². The largest absolute Gasteiger partial charge is 0.387 e. The van der Waals surface area contributed by atoms with Crippen molar-refractivity contribution in [2.24, 2.45) is 5.73 Å². The molecule has 5 heteroatoms. The smallest absolute Gasteiger partial charge is 0.165 e. The normalized spacial score (nSPS) is 12.8. The Labute approximate surface area is 69.1 Å². The third-order valence-corrected chi connectivity index (χ3v) is 2.25. The quantitative estimate of drug-likeness (QED) is 0.357. The maximum Gasteiger partial charge on any atom is 0.165 e. The van der Waals surface area contributed by atoms with Crippen LogP contribution >= 0.6 is 11.8 Å². The van der Waals surface area contributed by atoms with E-state index in [0.717, 1.165) is 5.16 Å². The van der Waals surface area contributed by atoms with Crippen LogP contribution in [0.3, 0.4) is 0 Å². The minimum atomic E-state index is -0.0128. The first-order valence-electron chi connectivity index (χ1n) is 3.20. The fourth-order valence-corrected chi connectivity index (χ4v) is 1.27. The van der Waals surface area contributed by atoms with E-state index in [0.29, 0.717) is 0 Å². The van der Waals surface area contributed by atoms with Crippen LogP contribution in [-0.4, -0.2) is 21.1 Å². The van der Waals surface area contributed by atoms with Crippen LogP contribution in [0.5, 0.6) is 0 Å². The Morgan fingerprint density at radius 1 is 1.91 bits per heavy atom. The van der Waals surface area contributed by atoms with Crippen molar-refractivity contribution in [1.29, 1.82) is 5.41 Å². The lowest BCUT2D eigenvalue weighted by atomic mass is 10.4. The van der Waals surface area contributed by atoms with E-state index in [1.165, 1.54) is 11.8 Å². The summed E-state index contributed by atoms with van der Waals surface area (Å²) >= 11 is 1.44. The molecule has 0 saturated heterocycles. The highest BCUT2D eigenvalue weighted by Crippen LogP contribution is 2.17. The van der Waals surface area contributed by atoms with Crippen molar-refractivity contribution in [2.45, 2.75) is 17.3 Å². The third kappa shape index (κ3) is 2.27. The number of hydrogen-bond donors (Lipinski definition) is 3. The molecule has 1 rings (SSSR count). The molecule has 1 aromatic heterocycles. The number of thioether (sulfide) groups is 1. The molecule has 1 unspecified atom stereocenters. The Bertz CT molecular complexity index is 231. The van der Waals surface area contributed by atoms with Gasteiger partial charge in [-0.3, -0.25) is 5.41 Å². The number of nitrogens with zero attached hydrogens (tertiary/aromatic N) is 1. The minimum absolute atomic E-state index is 0.0128. The second-order valence-corrected chi connectivity index (χ2v) is 3.44. The summed E-state index contributed by atoms with van der Waals surface area (Å²) in [6.07, 6.45) is 3.42. The third-order valence-electron chi connectivity index (χ3n) is 1.20. The molecule has 0 bridgehead atoms. The number of amidine groups is 1. The van der Waals surface area contributed by atoms with Crippen LogP contribution in [0.1, 0.15) is 6.92 Å². The Morgan fingerprint density at radius 3 is 3.09 bits per heavy atom. The van der Waals surface area contributed by atoms with Crippen LogP contribution in [0.25, 0.3) is 0 Å². The Hall–Kier alpha value is -0.970. The summed E-state index contributed by atoms with van der Waals surface area (Å²) in [5, 5.41) is 7.90. The summed E-state index contributed by atoms with van der Waals surface area (Å²) in [6.45, 7) is 1.87. The van der Waals surface area contributed by atoms with Gasteiger partial charge in [-0.1, -0.05) is 11.8 Å². The maximum absolute atomic E-state index is 7.12. The van der Waals surface area contributed by atoms with Crippen molar-refractivity contribution in [1.82, 2.24) is 9.97 Å². The zero-order valence-corrected chi connectivity index (χ0v) is 6.98. The molecule has 4 N–H and O–H groups in total. The van der Waals surface area contributed by atoms with Crippen LogP contribution < -0.4 is 5.73 Å². The monoisotopic (exact) mass is 170 g/mol. The molecule has 60 valence electrons. The molecule has 1 heterocycles. The Kier molecular flexibility index (Phi) is 2.53. The fraction of sp³-hybridized carbons (Fsp3) is 0.333. The van der Waals surface area contributed by atoms with Crippen molar-refractivity contribution in [3.63, 3.8) is 0 Å². The van der Waals surface area contributed by atoms with Crippen molar-refractivity contribution in [3.05, 3.63) is 12.4 Å². The predicted octanol–water partition coefficient (Wildman–Crippen LogP) is 0.826. The highest BCUT2D eigenvalue weighted by molar-refractivity contribution is 8.00. The molecular formula is C6H10N4S. The van der Waals surface area contributed by atoms with Gasteiger partial charge in [-0.05, 0) is 6.92 Å². The number of nitrogens with one attached hydrogen (secondary N) is 2. The number of aromatic amines is 1. The first-order chi connectivity index (χ1) is 5.20. The van der Waals surface area contributed by atoms with E-state index in [1.54, 1.807) is 12.4 Å². The van der Waals surface area contributed by atoms with Gasteiger partial charge >= 0.3 is 0 Å². The van der Waals surface area contributed by atoms with Gasteiger partial charge in [0.2, 0.25) is 0 Å². The lowest BCUT2D eigenvalue weighted by Gasteiger charge is -2.04. The molecule has 0 aliphatic heterocycles. The number of rotatable bonds is 3. The summed E-state index contributed by atoms with van der Waals surface area (Å²) in [5.41, 5.74) is 5.27. The van der Waals surface area contributed by atoms with Crippen molar-refractivity contribution in [3.8, 4) is 0 Å². The number of nitrogens with two attached hydrogens (primary N) is 1. The van der Waals surface area contributed by atoms with E-state index in [2.05, 4.69) is 9.97 Å². The van der Waals surface area contributed by atoms with Gasteiger partial charge in [0.15, 0.2) is 5.16 Å². The zero-order valence-electron chi connectivity index (χ0n) is 6.16. The zero-order chi connectivity index (χ0) is 8.27. The molecular weight excluding hydrogens is 160 g/mol. The molecule has 0 radical (unpaired) electrons. The molecule has 0 saturated carbocycles. The number of imidazole rings is 1. The molecule has 0 aliphatic carbocycles. The number of aromatic nitrogens is 2. The minimum Gasteiger partial charge on any atom is -0.387 e. The molecule has 0 spiro atoms. The average Bonchev–Trinajstić information content (AvgIpc) is 2.39. The summed E-state index contributed by atoms with van der Waals surface area (Å²) in [6, 6.07) is 0. The van der Waals surface area contributed by atoms with Gasteiger partial charge in [0.05, 0.1) is 5.25 Å². The predicted molar refractivity (Wildman–Crippen MR) is 45.8 cm³/mol. The van der Waals surface area contributed by atoms with E-state index in [9.17, 15) is 0 Å². The molecule has 0 aliphatic rings. The highest BCUT2D eigenvalue weighted by Gasteiger charge is 2.07. The van der Waals surface area contributed by atoms with Crippen molar-refractivity contribution >= 4 is 17.6 Å². The number of hydrogen-bond acceptors (Lipinski definition) is 3. The Balaban J connectivity index is 2.50. The maximum atomic E-state index is 7.12. The fourth-order valence-electron chi connectivity index (χ4n) is 0.546. The summed E-state index contributed by atoms with van der Waals surface area (Å²) in [4.78, 5) is 6.92. The van der Waals surface area contributed by atoms with E-state index in [1.807, 2.05) is 6.92 Å². The van der Waals surface area contributed by atoms with Crippen LogP contribution in [0.2, 0.25) is 0 Å². The molecule has 0 aromatic carbocycles. The van der Waals surface area contributed by atoms with Crippen LogP contribution in [0.4, 0.5) is 0 Å². The average molecular weight is 170 g/mol. The van der Waals surface area contributed by atoms with E-state index < -0.39 is 0 Å². The van der Waals surface area contributed by atoms with Crippen molar-refractivity contribution in [2.75, 3.05) is 0 Å². The molecule has 4 nitrogen and oxygen atoms in total. The van der Waals surface area contributed by atoms with Crippen LogP contribution in [0, 0.1) is 5.41 Å². The lowest BCUT2D eigenvalue weighted by molar-refractivity contribution is 1.05. The van der Waals surface area contributed by atoms with E-state index in [-0.39, 0.29) is 11.1 Å². The summed E-state index contributed by atoms with van der Waals surface area (Å²) in [5.74, 6) is 0.173. The first kappa shape index (κ1) is 8.13. The molecule has 1 aromatic rings. The molecule has 0 amide bonds. The second-order valence-electron chi connectivity index (χ2n) is 2.11. The van der Waals surface area contributed by atoms with Gasteiger partial charge in [0, 0.05) is 12.4 Å².